The first kappa shape index (κ1) is 27.6. The molecule has 1 aliphatic rings. The van der Waals surface area contributed by atoms with E-state index in [1.807, 2.05) is 54.2 Å². The second-order valence-corrected chi connectivity index (χ2v) is 12.4. The van der Waals surface area contributed by atoms with Gasteiger partial charge in [0, 0.05) is 50.5 Å². The average Bonchev–Trinajstić information content (AvgIpc) is 3.56. The molecule has 0 bridgehead atoms. The summed E-state index contributed by atoms with van der Waals surface area (Å²) in [6, 6.07) is 29.7. The molecule has 0 unspecified atom stereocenters. The van der Waals surface area contributed by atoms with Gasteiger partial charge in [-0.15, -0.1) is 35.4 Å². The summed E-state index contributed by atoms with van der Waals surface area (Å²) in [4.78, 5) is 10.6. The number of aromatic hydroxyl groups is 1. The fraction of sp³-hybridized carbons (Fsp3) is 0.189. The van der Waals surface area contributed by atoms with Crippen molar-refractivity contribution in [3.8, 4) is 39.8 Å². The maximum Gasteiger partial charge on any atom is 0.145 e. The van der Waals surface area contributed by atoms with E-state index in [-0.39, 0.29) is 37.6 Å². The van der Waals surface area contributed by atoms with E-state index >= 15 is 0 Å². The number of hydrogen-bond acceptors (Lipinski definition) is 4. The molecule has 0 spiro atoms. The van der Waals surface area contributed by atoms with E-state index in [0.29, 0.717) is 17.0 Å². The van der Waals surface area contributed by atoms with Crippen molar-refractivity contribution in [2.45, 2.75) is 38.5 Å². The fourth-order valence-electron chi connectivity index (χ4n) is 6.92. The molecule has 4 aromatic carbocycles. The number of nitrogens with zero attached hydrogens (tertiary/aromatic N) is 3. The van der Waals surface area contributed by atoms with Gasteiger partial charge in [-0.25, -0.2) is 4.98 Å². The Balaban J connectivity index is 0.00000300. The number of phenols is 1. The Morgan fingerprint density at radius 3 is 2.28 bits per heavy atom. The first-order valence-corrected chi connectivity index (χ1v) is 14.3. The molecular formula is C37H30N3O2Pt-. The van der Waals surface area contributed by atoms with Crippen LogP contribution in [0.5, 0.6) is 5.75 Å². The minimum Gasteiger partial charge on any atom is -0.507 e. The van der Waals surface area contributed by atoms with Crippen LogP contribution in [0.25, 0.3) is 66.7 Å². The Morgan fingerprint density at radius 1 is 0.767 bits per heavy atom. The predicted octanol–water partition coefficient (Wildman–Crippen LogP) is 8.94. The predicted molar refractivity (Wildman–Crippen MR) is 169 cm³/mol. The number of imidazole rings is 1. The normalized spacial score (nSPS) is 14.9. The van der Waals surface area contributed by atoms with Crippen molar-refractivity contribution in [2.24, 2.45) is 7.05 Å². The molecule has 7 aromatic rings. The summed E-state index contributed by atoms with van der Waals surface area (Å²) in [7, 11) is 1.96. The number of fused-ring (bicyclic) bond motifs is 8. The zero-order chi connectivity index (χ0) is 29.0. The monoisotopic (exact) mass is 743 g/mol. The minimum atomic E-state index is -0.186. The first-order valence-electron chi connectivity index (χ1n) is 14.3. The summed E-state index contributed by atoms with van der Waals surface area (Å²) in [5.41, 5.74) is 7.88. The molecule has 5 nitrogen and oxygen atoms in total. The SMILES string of the molecule is Cn1cc(-c2nc3c(c4ccccc24)C(C)(C)C(C)(C)c2ccc[c-]c2-3)nc1-c1c(O)ccc2oc3ccccc3c12.[Pt]. The van der Waals surface area contributed by atoms with Crippen molar-refractivity contribution in [3.05, 3.63) is 102 Å². The number of hydrogen-bond donors (Lipinski definition) is 1. The number of aryl methyl sites for hydroxylation is 1. The molecule has 1 aliphatic carbocycles. The molecule has 0 saturated heterocycles. The van der Waals surface area contributed by atoms with Crippen molar-refractivity contribution >= 4 is 32.7 Å². The summed E-state index contributed by atoms with van der Waals surface area (Å²) >= 11 is 0. The second-order valence-electron chi connectivity index (χ2n) is 12.4. The van der Waals surface area contributed by atoms with Crippen molar-refractivity contribution < 1.29 is 30.6 Å². The van der Waals surface area contributed by atoms with Crippen molar-refractivity contribution in [3.63, 3.8) is 0 Å². The van der Waals surface area contributed by atoms with Gasteiger partial charge < -0.3 is 14.1 Å². The summed E-state index contributed by atoms with van der Waals surface area (Å²) in [5, 5.41) is 15.2. The third-order valence-electron chi connectivity index (χ3n) is 9.73. The van der Waals surface area contributed by atoms with Gasteiger partial charge in [0.2, 0.25) is 0 Å². The van der Waals surface area contributed by atoms with Crippen LogP contribution in [0.1, 0.15) is 38.8 Å². The molecule has 1 N–H and O–H groups in total. The molecule has 0 amide bonds. The molecule has 43 heavy (non-hydrogen) atoms. The van der Waals surface area contributed by atoms with Gasteiger partial charge in [0.1, 0.15) is 28.4 Å². The average molecular weight is 744 g/mol. The van der Waals surface area contributed by atoms with E-state index in [4.69, 9.17) is 14.4 Å². The van der Waals surface area contributed by atoms with Crippen LogP contribution in [-0.2, 0) is 38.9 Å². The maximum atomic E-state index is 11.2. The molecule has 0 aliphatic heterocycles. The zero-order valence-corrected chi connectivity index (χ0v) is 26.9. The largest absolute Gasteiger partial charge is 0.507 e. The number of para-hydroxylation sites is 1. The number of pyridine rings is 1. The van der Waals surface area contributed by atoms with Gasteiger partial charge in [-0.3, -0.25) is 4.98 Å². The quantitative estimate of drug-likeness (QED) is 0.180. The van der Waals surface area contributed by atoms with Gasteiger partial charge in [-0.1, -0.05) is 75.7 Å². The molecule has 3 heterocycles. The van der Waals surface area contributed by atoms with E-state index in [0.717, 1.165) is 44.4 Å². The molecule has 0 radical (unpaired) electrons. The van der Waals surface area contributed by atoms with Crippen LogP contribution in [0.15, 0.2) is 89.5 Å². The second kappa shape index (κ2) is 9.39. The Bertz CT molecular complexity index is 2240. The van der Waals surface area contributed by atoms with E-state index in [2.05, 4.69) is 70.2 Å². The van der Waals surface area contributed by atoms with Crippen molar-refractivity contribution in [1.29, 1.82) is 0 Å². The van der Waals surface area contributed by atoms with Crippen LogP contribution in [-0.4, -0.2) is 19.6 Å². The number of benzene rings is 4. The van der Waals surface area contributed by atoms with Gasteiger partial charge in [0.25, 0.3) is 0 Å². The number of rotatable bonds is 2. The van der Waals surface area contributed by atoms with Crippen LogP contribution in [0, 0.1) is 6.07 Å². The van der Waals surface area contributed by atoms with Gasteiger partial charge in [0.05, 0.1) is 11.3 Å². The fourth-order valence-corrected chi connectivity index (χ4v) is 6.92. The number of aromatic nitrogens is 3. The first-order chi connectivity index (χ1) is 20.2. The van der Waals surface area contributed by atoms with Crippen LogP contribution < -0.4 is 0 Å². The molecule has 8 rings (SSSR count). The third-order valence-corrected chi connectivity index (χ3v) is 9.73. The molecule has 3 aromatic heterocycles. The molecular weight excluding hydrogens is 714 g/mol. The Hall–Kier alpha value is -4.21. The molecule has 216 valence electrons. The van der Waals surface area contributed by atoms with Crippen LogP contribution in [0.2, 0.25) is 0 Å². The van der Waals surface area contributed by atoms with E-state index < -0.39 is 0 Å². The smallest absolute Gasteiger partial charge is 0.145 e. The van der Waals surface area contributed by atoms with Crippen molar-refractivity contribution in [2.75, 3.05) is 0 Å². The standard InChI is InChI=1S/C37H30N3O2.Pt/c1-36(2)25-16-10-8-14-23(25)34-32(37(36,3)4)21-12-6-7-13-22(21)33(39-34)26-20-40(5)35(38-26)31-27(41)18-19-29-30(31)24-15-9-11-17-28(24)42-29;/h6-13,15-20,41H,1-5H3;/q-1;. The summed E-state index contributed by atoms with van der Waals surface area (Å²) in [6.07, 6.45) is 2.00. The molecule has 0 atom stereocenters. The van der Waals surface area contributed by atoms with Crippen LogP contribution in [0.4, 0.5) is 0 Å². The van der Waals surface area contributed by atoms with Crippen LogP contribution >= 0.6 is 0 Å². The number of phenolic OH excluding ortho intramolecular Hbond substituents is 1. The van der Waals surface area contributed by atoms with E-state index in [1.54, 1.807) is 6.07 Å². The minimum absolute atomic E-state index is 0. The summed E-state index contributed by atoms with van der Waals surface area (Å²) < 4.78 is 8.09. The van der Waals surface area contributed by atoms with Gasteiger partial charge >= 0.3 is 0 Å². The maximum absolute atomic E-state index is 11.2. The van der Waals surface area contributed by atoms with E-state index in [9.17, 15) is 5.11 Å². The van der Waals surface area contributed by atoms with Gasteiger partial charge in [0.15, 0.2) is 0 Å². The van der Waals surface area contributed by atoms with E-state index in [1.165, 1.54) is 16.5 Å². The van der Waals surface area contributed by atoms with Gasteiger partial charge in [-0.2, -0.15) is 0 Å². The molecule has 0 fully saturated rings. The van der Waals surface area contributed by atoms with Gasteiger partial charge in [-0.05, 0) is 40.1 Å². The zero-order valence-electron chi connectivity index (χ0n) is 24.6. The topological polar surface area (TPSA) is 64.1 Å². The number of furan rings is 1. The Labute approximate surface area is 264 Å². The Morgan fingerprint density at radius 2 is 1.49 bits per heavy atom. The van der Waals surface area contributed by atoms with Crippen LogP contribution in [0.3, 0.4) is 0 Å². The Kier molecular flexibility index (Phi) is 6.03. The summed E-state index contributed by atoms with van der Waals surface area (Å²) in [5.74, 6) is 0.807. The third kappa shape index (κ3) is 3.67. The summed E-state index contributed by atoms with van der Waals surface area (Å²) in [6.45, 7) is 9.30. The van der Waals surface area contributed by atoms with Crippen molar-refractivity contribution in [1.82, 2.24) is 14.5 Å². The molecule has 0 saturated carbocycles. The molecule has 6 heteroatoms.